The van der Waals surface area contributed by atoms with Crippen LogP contribution in [-0.2, 0) is 22.4 Å². The molecule has 5 nitrogen and oxygen atoms in total. The molecule has 0 aliphatic rings. The van der Waals surface area contributed by atoms with E-state index in [0.717, 1.165) is 16.1 Å². The van der Waals surface area contributed by atoms with Gasteiger partial charge in [-0.1, -0.05) is 54.1 Å². The summed E-state index contributed by atoms with van der Waals surface area (Å²) in [7, 11) is 0. The molecule has 1 heterocycles. The van der Waals surface area contributed by atoms with Crippen molar-refractivity contribution in [2.75, 3.05) is 0 Å². The Morgan fingerprint density at radius 1 is 1.14 bits per heavy atom. The highest BCUT2D eigenvalue weighted by molar-refractivity contribution is 7.59. The zero-order chi connectivity index (χ0) is 19.2. The first-order valence-corrected chi connectivity index (χ1v) is 9.53. The third-order valence-electron chi connectivity index (χ3n) is 3.88. The van der Waals surface area contributed by atoms with Crippen LogP contribution < -0.4 is 5.32 Å². The molecule has 1 amide bonds. The van der Waals surface area contributed by atoms with E-state index >= 15 is 0 Å². The van der Waals surface area contributed by atoms with Gasteiger partial charge in [0.1, 0.15) is 11.0 Å². The van der Waals surface area contributed by atoms with E-state index in [9.17, 15) is 14.7 Å². The van der Waals surface area contributed by atoms with Crippen LogP contribution in [0.5, 0.6) is 0 Å². The molecule has 3 aromatic rings. The van der Waals surface area contributed by atoms with E-state index in [2.05, 4.69) is 10.3 Å². The lowest BCUT2D eigenvalue weighted by Crippen LogP contribution is -2.43. The molecule has 0 aliphatic carbocycles. The summed E-state index contributed by atoms with van der Waals surface area (Å²) < 4.78 is 0. The van der Waals surface area contributed by atoms with Gasteiger partial charge in [0.2, 0.25) is 5.91 Å². The van der Waals surface area contributed by atoms with Crippen LogP contribution in [-0.4, -0.2) is 28.0 Å². The molecule has 2 aromatic carbocycles. The Morgan fingerprint density at radius 3 is 2.57 bits per heavy atom. The maximum atomic E-state index is 12.3. The lowest BCUT2D eigenvalue weighted by Gasteiger charge is -2.14. The predicted octanol–water partition coefficient (Wildman–Crippen LogP) is 3.93. The van der Waals surface area contributed by atoms with Crippen LogP contribution in [0.2, 0.25) is 5.02 Å². The Labute approximate surface area is 178 Å². The Balaban J connectivity index is 0.00000280. The van der Waals surface area contributed by atoms with Crippen LogP contribution in [0.3, 0.4) is 0 Å². The molecule has 1 atom stereocenters. The summed E-state index contributed by atoms with van der Waals surface area (Å²) in [5, 5.41) is 15.1. The van der Waals surface area contributed by atoms with E-state index in [-0.39, 0.29) is 32.2 Å². The van der Waals surface area contributed by atoms with E-state index in [1.54, 1.807) is 11.4 Å². The molecule has 0 unspecified atom stereocenters. The van der Waals surface area contributed by atoms with Crippen molar-refractivity contribution in [2.24, 2.45) is 0 Å². The topological polar surface area (TPSA) is 79.3 Å². The minimum Gasteiger partial charge on any atom is -0.480 e. The highest BCUT2D eigenvalue weighted by Crippen LogP contribution is 2.26. The average Bonchev–Trinajstić information content (AvgIpc) is 3.10. The Hall–Kier alpha value is -2.35. The molecular formula is C20H19ClN2O3S2. The molecule has 28 heavy (non-hydrogen) atoms. The lowest BCUT2D eigenvalue weighted by molar-refractivity contribution is -0.141. The normalized spacial score (nSPS) is 11.3. The van der Waals surface area contributed by atoms with Crippen molar-refractivity contribution < 1.29 is 14.7 Å². The first-order valence-electron chi connectivity index (χ1n) is 8.27. The summed E-state index contributed by atoms with van der Waals surface area (Å²) in [6.45, 7) is 0. The number of carboxylic acids is 1. The lowest BCUT2D eigenvalue weighted by atomic mass is 10.1. The second kappa shape index (κ2) is 10.3. The summed E-state index contributed by atoms with van der Waals surface area (Å²) in [6, 6.07) is 15.5. The molecule has 0 bridgehead atoms. The third-order valence-corrected chi connectivity index (χ3v) is 5.06. The van der Waals surface area contributed by atoms with Crippen molar-refractivity contribution in [3.8, 4) is 10.6 Å². The molecule has 8 heteroatoms. The number of carboxylic acid groups (broad SMARTS) is 1. The first-order chi connectivity index (χ1) is 13.0. The van der Waals surface area contributed by atoms with Crippen LogP contribution >= 0.6 is 36.4 Å². The summed E-state index contributed by atoms with van der Waals surface area (Å²) >= 11 is 7.41. The standard InChI is InChI=1S/C20H17ClN2O3S.H2S/c21-15-8-4-7-14(10-15)19-22-16(12-27-19)11-18(24)23-17(20(25)26)9-13-5-2-1-3-6-13;/h1-8,10,12,17H,9,11H2,(H,23,24)(H,25,26);1H2/t17-;/m0./s1. The van der Waals surface area contributed by atoms with Crippen molar-refractivity contribution in [3.05, 3.63) is 76.3 Å². The van der Waals surface area contributed by atoms with Crippen LogP contribution in [0.4, 0.5) is 0 Å². The molecule has 1 aromatic heterocycles. The number of amides is 1. The third kappa shape index (κ3) is 6.09. The number of aliphatic carboxylic acids is 1. The summed E-state index contributed by atoms with van der Waals surface area (Å²) in [5.41, 5.74) is 2.32. The SMILES string of the molecule is O=C(Cc1csc(-c2cccc(Cl)c2)n1)N[C@@H](Cc1ccccc1)C(=O)O.S. The van der Waals surface area contributed by atoms with Crippen molar-refractivity contribution in [1.82, 2.24) is 10.3 Å². The minimum atomic E-state index is -1.06. The zero-order valence-corrected chi connectivity index (χ0v) is 17.3. The minimum absolute atomic E-state index is 0. The Morgan fingerprint density at radius 2 is 1.89 bits per heavy atom. The number of carbonyl (C=O) groups excluding carboxylic acids is 1. The maximum Gasteiger partial charge on any atom is 0.326 e. The van der Waals surface area contributed by atoms with Gasteiger partial charge in [0.05, 0.1) is 12.1 Å². The van der Waals surface area contributed by atoms with Gasteiger partial charge in [0, 0.05) is 22.4 Å². The zero-order valence-electron chi connectivity index (χ0n) is 14.8. The van der Waals surface area contributed by atoms with Gasteiger partial charge in [-0.05, 0) is 17.7 Å². The summed E-state index contributed by atoms with van der Waals surface area (Å²) in [5.74, 6) is -1.44. The first kappa shape index (κ1) is 21.9. The molecule has 3 rings (SSSR count). The van der Waals surface area contributed by atoms with E-state index in [4.69, 9.17) is 11.6 Å². The number of aromatic nitrogens is 1. The number of rotatable bonds is 7. The second-order valence-corrected chi connectivity index (χ2v) is 7.27. The van der Waals surface area contributed by atoms with Crippen molar-refractivity contribution in [2.45, 2.75) is 18.9 Å². The van der Waals surface area contributed by atoms with Gasteiger partial charge in [0.15, 0.2) is 0 Å². The molecule has 0 saturated carbocycles. The quantitative estimate of drug-likeness (QED) is 0.590. The van der Waals surface area contributed by atoms with Crippen LogP contribution in [0.25, 0.3) is 10.6 Å². The van der Waals surface area contributed by atoms with Gasteiger partial charge in [-0.3, -0.25) is 4.79 Å². The van der Waals surface area contributed by atoms with E-state index < -0.39 is 12.0 Å². The van der Waals surface area contributed by atoms with E-state index in [0.29, 0.717) is 10.7 Å². The van der Waals surface area contributed by atoms with Gasteiger partial charge in [-0.15, -0.1) is 11.3 Å². The smallest absolute Gasteiger partial charge is 0.326 e. The van der Waals surface area contributed by atoms with Gasteiger partial charge < -0.3 is 10.4 Å². The molecule has 146 valence electrons. The van der Waals surface area contributed by atoms with Crippen molar-refractivity contribution in [1.29, 1.82) is 0 Å². The molecule has 0 spiro atoms. The number of halogens is 1. The molecular weight excluding hydrogens is 416 g/mol. The number of nitrogens with one attached hydrogen (secondary N) is 1. The van der Waals surface area contributed by atoms with Crippen LogP contribution in [0, 0.1) is 0 Å². The largest absolute Gasteiger partial charge is 0.480 e. The number of nitrogens with zero attached hydrogens (tertiary/aromatic N) is 1. The monoisotopic (exact) mass is 434 g/mol. The predicted molar refractivity (Wildman–Crippen MR) is 116 cm³/mol. The van der Waals surface area contributed by atoms with Gasteiger partial charge in [0.25, 0.3) is 0 Å². The number of thiazole rings is 1. The van der Waals surface area contributed by atoms with Gasteiger partial charge in [-0.2, -0.15) is 13.5 Å². The van der Waals surface area contributed by atoms with E-state index in [1.165, 1.54) is 11.3 Å². The molecule has 0 saturated heterocycles. The molecule has 0 radical (unpaired) electrons. The summed E-state index contributed by atoms with van der Waals surface area (Å²) in [4.78, 5) is 28.2. The Bertz CT molecular complexity index is 947. The van der Waals surface area contributed by atoms with Gasteiger partial charge >= 0.3 is 5.97 Å². The molecule has 2 N–H and O–H groups in total. The van der Waals surface area contributed by atoms with Crippen LogP contribution in [0.1, 0.15) is 11.3 Å². The highest BCUT2D eigenvalue weighted by atomic mass is 35.5. The van der Waals surface area contributed by atoms with Crippen molar-refractivity contribution in [3.63, 3.8) is 0 Å². The average molecular weight is 435 g/mol. The number of hydrogen-bond donors (Lipinski definition) is 2. The molecule has 0 fully saturated rings. The fourth-order valence-corrected chi connectivity index (χ4v) is 3.61. The van der Waals surface area contributed by atoms with Crippen LogP contribution in [0.15, 0.2) is 60.0 Å². The summed E-state index contributed by atoms with van der Waals surface area (Å²) in [6.07, 6.45) is 0.252. The second-order valence-electron chi connectivity index (χ2n) is 5.98. The number of hydrogen-bond acceptors (Lipinski definition) is 4. The Kier molecular flexibility index (Phi) is 8.04. The van der Waals surface area contributed by atoms with Crippen molar-refractivity contribution >= 4 is 48.3 Å². The van der Waals surface area contributed by atoms with Gasteiger partial charge in [-0.25, -0.2) is 9.78 Å². The highest BCUT2D eigenvalue weighted by Gasteiger charge is 2.21. The number of benzene rings is 2. The number of carbonyl (C=O) groups is 2. The fraction of sp³-hybridized carbons (Fsp3) is 0.150. The fourth-order valence-electron chi connectivity index (χ4n) is 2.60. The molecule has 0 aliphatic heterocycles. The van der Waals surface area contributed by atoms with E-state index in [1.807, 2.05) is 48.5 Å². The maximum absolute atomic E-state index is 12.3.